The molecule has 1 aliphatic carbocycles. The van der Waals surface area contributed by atoms with Gasteiger partial charge in [-0.25, -0.2) is 9.97 Å². The van der Waals surface area contributed by atoms with E-state index >= 15 is 0 Å². The molecule has 4 rings (SSSR count). The Morgan fingerprint density at radius 2 is 2.16 bits per heavy atom. The first-order valence-electron chi connectivity index (χ1n) is 9.17. The first kappa shape index (κ1) is 16.1. The van der Waals surface area contributed by atoms with Gasteiger partial charge in [0.25, 0.3) is 5.91 Å². The molecule has 0 N–H and O–H groups in total. The predicted molar refractivity (Wildman–Crippen MR) is 94.4 cm³/mol. The molecule has 0 atom stereocenters. The molecule has 2 aliphatic rings. The zero-order chi connectivity index (χ0) is 17.4. The van der Waals surface area contributed by atoms with E-state index in [2.05, 4.69) is 16.9 Å². The van der Waals surface area contributed by atoms with Gasteiger partial charge in [0.05, 0.1) is 18.1 Å². The lowest BCUT2D eigenvalue weighted by atomic mass is 9.96. The van der Waals surface area contributed by atoms with E-state index in [4.69, 9.17) is 4.74 Å². The highest BCUT2D eigenvalue weighted by molar-refractivity contribution is 5.93. The van der Waals surface area contributed by atoms with Crippen LogP contribution < -0.4 is 4.74 Å². The molecule has 1 fully saturated rings. The topological polar surface area (TPSA) is 60.3 Å². The molecule has 1 amide bonds. The van der Waals surface area contributed by atoms with Crippen molar-refractivity contribution in [2.24, 2.45) is 0 Å². The molecule has 6 heteroatoms. The third-order valence-electron chi connectivity index (χ3n) is 5.06. The minimum Gasteiger partial charge on any atom is -0.474 e. The molecule has 2 aromatic heterocycles. The molecule has 0 radical (unpaired) electrons. The molecule has 0 aromatic carbocycles. The van der Waals surface area contributed by atoms with E-state index in [1.807, 2.05) is 34.7 Å². The minimum atomic E-state index is 0.0284. The largest absolute Gasteiger partial charge is 0.474 e. The van der Waals surface area contributed by atoms with Crippen molar-refractivity contribution in [1.82, 2.24) is 19.4 Å². The van der Waals surface area contributed by atoms with Crippen molar-refractivity contribution in [3.8, 4) is 17.1 Å². The summed E-state index contributed by atoms with van der Waals surface area (Å²) in [6, 6.07) is 3.93. The number of hydrogen-bond donors (Lipinski definition) is 0. The first-order valence-corrected chi connectivity index (χ1v) is 9.17. The second-order valence-electron chi connectivity index (χ2n) is 6.92. The lowest BCUT2D eigenvalue weighted by Gasteiger charge is -2.25. The molecular formula is C19H24N4O2. The first-order chi connectivity index (χ1) is 12.2. The molecule has 132 valence electrons. The van der Waals surface area contributed by atoms with Crippen molar-refractivity contribution in [3.63, 3.8) is 0 Å². The average Bonchev–Trinajstić information content (AvgIpc) is 3.05. The predicted octanol–water partition coefficient (Wildman–Crippen LogP) is 3.40. The zero-order valence-corrected chi connectivity index (χ0v) is 14.9. The Morgan fingerprint density at radius 1 is 1.32 bits per heavy atom. The van der Waals surface area contributed by atoms with Crippen LogP contribution in [0.2, 0.25) is 0 Å². The number of imidazole rings is 1. The maximum Gasteiger partial charge on any atom is 0.291 e. The van der Waals surface area contributed by atoms with Gasteiger partial charge >= 0.3 is 0 Å². The lowest BCUT2D eigenvalue weighted by Crippen LogP contribution is -2.26. The number of nitrogens with zero attached hydrogens (tertiary/aromatic N) is 4. The summed E-state index contributed by atoms with van der Waals surface area (Å²) in [6.07, 6.45) is 7.72. The van der Waals surface area contributed by atoms with Crippen molar-refractivity contribution >= 4 is 5.91 Å². The highest BCUT2D eigenvalue weighted by Gasteiger charge is 2.32. The summed E-state index contributed by atoms with van der Waals surface area (Å²) in [5, 5.41) is 0. The van der Waals surface area contributed by atoms with Crippen LogP contribution in [0.25, 0.3) is 11.3 Å². The maximum atomic E-state index is 12.5. The number of carbonyl (C=O) groups excluding carboxylic acids is 1. The maximum absolute atomic E-state index is 12.5. The zero-order valence-electron chi connectivity index (χ0n) is 14.9. The van der Waals surface area contributed by atoms with Gasteiger partial charge in [-0.1, -0.05) is 13.3 Å². The second kappa shape index (κ2) is 6.50. The Balaban J connectivity index is 1.57. The Hall–Kier alpha value is -2.37. The fourth-order valence-electron chi connectivity index (χ4n) is 3.39. The van der Waals surface area contributed by atoms with Gasteiger partial charge < -0.3 is 14.2 Å². The third-order valence-corrected chi connectivity index (χ3v) is 5.06. The summed E-state index contributed by atoms with van der Waals surface area (Å²) < 4.78 is 7.84. The van der Waals surface area contributed by atoms with Gasteiger partial charge in [0.1, 0.15) is 6.10 Å². The number of aryl methyl sites for hydroxylation is 1. The molecule has 0 spiro atoms. The lowest BCUT2D eigenvalue weighted by molar-refractivity contribution is 0.0763. The molecule has 25 heavy (non-hydrogen) atoms. The van der Waals surface area contributed by atoms with Gasteiger partial charge in [0.15, 0.2) is 0 Å². The fraction of sp³-hybridized carbons (Fsp3) is 0.526. The molecule has 1 saturated carbocycles. The van der Waals surface area contributed by atoms with Crippen molar-refractivity contribution in [2.45, 2.75) is 58.7 Å². The van der Waals surface area contributed by atoms with E-state index in [9.17, 15) is 4.79 Å². The summed E-state index contributed by atoms with van der Waals surface area (Å²) in [7, 11) is 0. The normalized spacial score (nSPS) is 16.9. The Kier molecular flexibility index (Phi) is 4.19. The third kappa shape index (κ3) is 2.90. The summed E-state index contributed by atoms with van der Waals surface area (Å²) in [4.78, 5) is 23.4. The smallest absolute Gasteiger partial charge is 0.291 e. The van der Waals surface area contributed by atoms with E-state index in [1.165, 1.54) is 6.42 Å². The minimum absolute atomic E-state index is 0.0284. The highest BCUT2D eigenvalue weighted by Crippen LogP contribution is 2.30. The highest BCUT2D eigenvalue weighted by atomic mass is 16.5. The number of rotatable bonds is 6. The average molecular weight is 340 g/mol. The van der Waals surface area contributed by atoms with Crippen LogP contribution in [0.4, 0.5) is 0 Å². The summed E-state index contributed by atoms with van der Waals surface area (Å²) in [5.41, 5.74) is 2.82. The summed E-state index contributed by atoms with van der Waals surface area (Å²) in [6.45, 7) is 5.44. The van der Waals surface area contributed by atoms with Crippen LogP contribution in [0.15, 0.2) is 18.3 Å². The van der Waals surface area contributed by atoms with E-state index in [1.54, 1.807) is 0 Å². The summed E-state index contributed by atoms with van der Waals surface area (Å²) >= 11 is 0. The molecule has 0 bridgehead atoms. The SMILES string of the molecule is CCCCN1Cn2c(nc(C)c2-c2ccc(OC3CCC3)nc2)C1=O. The van der Waals surface area contributed by atoms with Gasteiger partial charge in [-0.15, -0.1) is 0 Å². The van der Waals surface area contributed by atoms with Crippen molar-refractivity contribution in [1.29, 1.82) is 0 Å². The number of carbonyl (C=O) groups is 1. The molecule has 6 nitrogen and oxygen atoms in total. The number of fused-ring (bicyclic) bond motifs is 1. The monoisotopic (exact) mass is 340 g/mol. The van der Waals surface area contributed by atoms with Crippen LogP contribution in [-0.2, 0) is 6.67 Å². The van der Waals surface area contributed by atoms with E-state index < -0.39 is 0 Å². The van der Waals surface area contributed by atoms with Gasteiger partial charge in [0, 0.05) is 24.4 Å². The van der Waals surface area contributed by atoms with Crippen molar-refractivity contribution in [2.75, 3.05) is 6.54 Å². The summed E-state index contributed by atoms with van der Waals surface area (Å²) in [5.74, 6) is 1.24. The van der Waals surface area contributed by atoms with Crippen molar-refractivity contribution in [3.05, 3.63) is 29.8 Å². The van der Waals surface area contributed by atoms with Crippen LogP contribution in [0, 0.1) is 6.92 Å². The Labute approximate surface area is 147 Å². The standard InChI is InChI=1S/C19H24N4O2/c1-3-4-10-22-12-23-17(13(2)21-18(23)19(22)24)14-8-9-16(20-11-14)25-15-6-5-7-15/h8-9,11,15H,3-7,10,12H2,1-2H3. The van der Waals surface area contributed by atoms with Gasteiger partial charge in [0.2, 0.25) is 11.7 Å². The van der Waals surface area contributed by atoms with Crippen LogP contribution in [-0.4, -0.2) is 38.0 Å². The number of ether oxygens (including phenoxy) is 1. The van der Waals surface area contributed by atoms with Gasteiger partial charge in [-0.3, -0.25) is 4.79 Å². The number of pyridine rings is 1. The fourth-order valence-corrected chi connectivity index (χ4v) is 3.39. The van der Waals surface area contributed by atoms with Gasteiger partial charge in [-0.05, 0) is 38.7 Å². The van der Waals surface area contributed by atoms with Gasteiger partial charge in [-0.2, -0.15) is 0 Å². The van der Waals surface area contributed by atoms with Crippen LogP contribution in [0.3, 0.4) is 0 Å². The quantitative estimate of drug-likeness (QED) is 0.809. The Morgan fingerprint density at radius 3 is 2.80 bits per heavy atom. The van der Waals surface area contributed by atoms with Crippen LogP contribution in [0.1, 0.15) is 55.3 Å². The number of aromatic nitrogens is 3. The molecule has 0 unspecified atom stereocenters. The van der Waals surface area contributed by atoms with Crippen LogP contribution >= 0.6 is 0 Å². The van der Waals surface area contributed by atoms with E-state index in [0.717, 1.165) is 49.2 Å². The van der Waals surface area contributed by atoms with E-state index in [0.29, 0.717) is 24.5 Å². The Bertz CT molecular complexity index is 777. The van der Waals surface area contributed by atoms with Crippen molar-refractivity contribution < 1.29 is 9.53 Å². The second-order valence-corrected chi connectivity index (χ2v) is 6.92. The van der Waals surface area contributed by atoms with Crippen LogP contribution in [0.5, 0.6) is 5.88 Å². The number of hydrogen-bond acceptors (Lipinski definition) is 4. The molecule has 3 heterocycles. The molecule has 0 saturated heterocycles. The molecule has 2 aromatic rings. The molecular weight excluding hydrogens is 316 g/mol. The van der Waals surface area contributed by atoms with E-state index in [-0.39, 0.29) is 5.91 Å². The number of unbranched alkanes of at least 4 members (excludes halogenated alkanes) is 1. The number of amides is 1. The molecule has 1 aliphatic heterocycles.